The lowest BCUT2D eigenvalue weighted by atomic mass is 10.3. The molecule has 0 atom stereocenters. The van der Waals surface area contributed by atoms with E-state index >= 15 is 0 Å². The van der Waals surface area contributed by atoms with E-state index in [1.165, 1.54) is 6.07 Å². The molecule has 0 fully saturated rings. The lowest BCUT2D eigenvalue weighted by Gasteiger charge is -2.10. The molecule has 0 bridgehead atoms. The number of benzene rings is 1. The Morgan fingerprint density at radius 3 is 2.59 bits per heavy atom. The van der Waals surface area contributed by atoms with Crippen molar-refractivity contribution in [2.75, 3.05) is 25.6 Å². The van der Waals surface area contributed by atoms with E-state index in [2.05, 4.69) is 4.74 Å². The molecule has 0 aliphatic carbocycles. The van der Waals surface area contributed by atoms with E-state index in [9.17, 15) is 13.2 Å². The van der Waals surface area contributed by atoms with Crippen molar-refractivity contribution >= 4 is 17.3 Å². The van der Waals surface area contributed by atoms with Gasteiger partial charge in [0.1, 0.15) is 19.0 Å². The molecule has 0 saturated heterocycles. The van der Waals surface area contributed by atoms with Crippen LogP contribution < -0.4 is 10.5 Å². The van der Waals surface area contributed by atoms with E-state index in [0.717, 1.165) is 0 Å². The number of rotatable bonds is 5. The third-order valence-corrected chi connectivity index (χ3v) is 2.02. The molecule has 0 spiro atoms. The molecule has 0 heterocycles. The lowest BCUT2D eigenvalue weighted by Crippen LogP contribution is -2.19. The molecule has 7 heteroatoms. The largest absolute Gasteiger partial charge is 0.490 e. The molecule has 1 aromatic rings. The highest BCUT2D eigenvalue weighted by atomic mass is 35.5. The fraction of sp³-hybridized carbons (Fsp3) is 0.400. The maximum atomic E-state index is 11.7. The van der Waals surface area contributed by atoms with Crippen LogP contribution >= 0.6 is 11.6 Å². The van der Waals surface area contributed by atoms with Crippen LogP contribution in [-0.2, 0) is 4.74 Å². The molecule has 0 radical (unpaired) electrons. The van der Waals surface area contributed by atoms with Crippen LogP contribution in [0, 0.1) is 0 Å². The van der Waals surface area contributed by atoms with Gasteiger partial charge in [0.25, 0.3) is 0 Å². The number of nitrogen functional groups attached to an aromatic ring is 1. The molecule has 1 rings (SSSR count). The summed E-state index contributed by atoms with van der Waals surface area (Å²) in [7, 11) is 0. The molecular formula is C10H11ClF3NO2. The van der Waals surface area contributed by atoms with Crippen LogP contribution in [0.5, 0.6) is 5.75 Å². The number of nitrogens with two attached hydrogens (primary N) is 1. The van der Waals surface area contributed by atoms with E-state index in [1.54, 1.807) is 12.1 Å². The van der Waals surface area contributed by atoms with Gasteiger partial charge in [-0.05, 0) is 12.1 Å². The second-order valence-electron chi connectivity index (χ2n) is 3.21. The summed E-state index contributed by atoms with van der Waals surface area (Å²) in [4.78, 5) is 0. The first-order valence-corrected chi connectivity index (χ1v) is 5.08. The quantitative estimate of drug-likeness (QED) is 0.660. The van der Waals surface area contributed by atoms with E-state index in [1.807, 2.05) is 0 Å². The Hall–Kier alpha value is -1.14. The zero-order valence-electron chi connectivity index (χ0n) is 8.76. The Morgan fingerprint density at radius 1 is 1.24 bits per heavy atom. The maximum absolute atomic E-state index is 11.7. The van der Waals surface area contributed by atoms with E-state index < -0.39 is 12.8 Å². The Morgan fingerprint density at radius 2 is 1.94 bits per heavy atom. The first kappa shape index (κ1) is 13.9. The summed E-state index contributed by atoms with van der Waals surface area (Å²) in [6, 6.07) is 4.63. The van der Waals surface area contributed by atoms with Crippen molar-refractivity contribution in [1.82, 2.24) is 0 Å². The Balaban J connectivity index is 2.29. The predicted octanol–water partition coefficient (Wildman–Crippen LogP) is 2.88. The number of ether oxygens (including phenoxy) is 2. The molecule has 0 aromatic heterocycles. The van der Waals surface area contributed by atoms with Crippen LogP contribution in [0.2, 0.25) is 5.02 Å². The first-order chi connectivity index (χ1) is 7.88. The summed E-state index contributed by atoms with van der Waals surface area (Å²) >= 11 is 5.78. The van der Waals surface area contributed by atoms with Crippen molar-refractivity contribution in [3.8, 4) is 5.75 Å². The van der Waals surface area contributed by atoms with E-state index in [-0.39, 0.29) is 13.2 Å². The van der Waals surface area contributed by atoms with Gasteiger partial charge in [-0.1, -0.05) is 11.6 Å². The van der Waals surface area contributed by atoms with Crippen LogP contribution in [0.1, 0.15) is 0 Å². The van der Waals surface area contributed by atoms with E-state index in [4.69, 9.17) is 22.1 Å². The summed E-state index contributed by atoms with van der Waals surface area (Å²) < 4.78 is 44.7. The van der Waals surface area contributed by atoms with Gasteiger partial charge in [0.2, 0.25) is 0 Å². The van der Waals surface area contributed by atoms with Crippen molar-refractivity contribution in [1.29, 1.82) is 0 Å². The van der Waals surface area contributed by atoms with Gasteiger partial charge < -0.3 is 15.2 Å². The standard InChI is InChI=1S/C10H11ClF3NO2/c11-8-2-1-7(15)5-9(8)17-4-3-16-6-10(12,13)14/h1-2,5H,3-4,6,15H2. The summed E-state index contributed by atoms with van der Waals surface area (Å²) in [5.74, 6) is 0.322. The molecule has 96 valence electrons. The zero-order valence-corrected chi connectivity index (χ0v) is 9.52. The molecule has 17 heavy (non-hydrogen) atoms. The summed E-state index contributed by atoms with van der Waals surface area (Å²) in [5, 5.41) is 0.343. The van der Waals surface area contributed by atoms with Crippen LogP contribution in [-0.4, -0.2) is 26.0 Å². The summed E-state index contributed by atoms with van der Waals surface area (Å²) in [5.41, 5.74) is 5.96. The third kappa shape index (κ3) is 5.65. The Bertz CT molecular complexity index is 371. The average Bonchev–Trinajstić information content (AvgIpc) is 2.21. The molecule has 0 unspecified atom stereocenters. The molecule has 1 aromatic carbocycles. The van der Waals surface area contributed by atoms with Crippen LogP contribution in [0.25, 0.3) is 0 Å². The average molecular weight is 270 g/mol. The van der Waals surface area contributed by atoms with Gasteiger partial charge in [0, 0.05) is 11.8 Å². The number of hydrogen-bond donors (Lipinski definition) is 1. The minimum absolute atomic E-state index is 0.0285. The van der Waals surface area contributed by atoms with Crippen molar-refractivity contribution in [3.05, 3.63) is 23.2 Å². The highest BCUT2D eigenvalue weighted by Crippen LogP contribution is 2.26. The normalized spacial score (nSPS) is 11.5. The molecular weight excluding hydrogens is 259 g/mol. The highest BCUT2D eigenvalue weighted by molar-refractivity contribution is 6.32. The fourth-order valence-electron chi connectivity index (χ4n) is 1.03. The van der Waals surface area contributed by atoms with Gasteiger partial charge in [-0.3, -0.25) is 0 Å². The smallest absolute Gasteiger partial charge is 0.411 e. The Kier molecular flexibility index (Phi) is 4.89. The lowest BCUT2D eigenvalue weighted by molar-refractivity contribution is -0.175. The SMILES string of the molecule is Nc1ccc(Cl)c(OCCOCC(F)(F)F)c1. The predicted molar refractivity (Wildman–Crippen MR) is 58.2 cm³/mol. The number of halogens is 4. The number of anilines is 1. The molecule has 0 aliphatic heterocycles. The van der Waals surface area contributed by atoms with Crippen molar-refractivity contribution in [2.45, 2.75) is 6.18 Å². The van der Waals surface area contributed by atoms with Crippen LogP contribution in [0.4, 0.5) is 18.9 Å². The van der Waals surface area contributed by atoms with Crippen LogP contribution in [0.15, 0.2) is 18.2 Å². The van der Waals surface area contributed by atoms with Crippen molar-refractivity contribution in [2.24, 2.45) is 0 Å². The van der Waals surface area contributed by atoms with Gasteiger partial charge in [-0.25, -0.2) is 0 Å². The number of hydrogen-bond acceptors (Lipinski definition) is 3. The van der Waals surface area contributed by atoms with Gasteiger partial charge >= 0.3 is 6.18 Å². The van der Waals surface area contributed by atoms with Crippen molar-refractivity contribution in [3.63, 3.8) is 0 Å². The van der Waals surface area contributed by atoms with Gasteiger partial charge in [0.05, 0.1) is 11.6 Å². The van der Waals surface area contributed by atoms with Crippen molar-refractivity contribution < 1.29 is 22.6 Å². The van der Waals surface area contributed by atoms with Gasteiger partial charge in [0.15, 0.2) is 0 Å². The molecule has 3 nitrogen and oxygen atoms in total. The molecule has 0 aliphatic rings. The second kappa shape index (κ2) is 5.97. The third-order valence-electron chi connectivity index (χ3n) is 1.71. The monoisotopic (exact) mass is 269 g/mol. The summed E-state index contributed by atoms with van der Waals surface area (Å²) in [6.07, 6.45) is -4.32. The van der Waals surface area contributed by atoms with Gasteiger partial charge in [-0.2, -0.15) is 13.2 Å². The minimum atomic E-state index is -4.32. The molecule has 0 saturated carbocycles. The fourth-order valence-corrected chi connectivity index (χ4v) is 1.20. The summed E-state index contributed by atoms with van der Waals surface area (Å²) in [6.45, 7) is -1.50. The molecule has 0 amide bonds. The first-order valence-electron chi connectivity index (χ1n) is 4.71. The maximum Gasteiger partial charge on any atom is 0.411 e. The minimum Gasteiger partial charge on any atom is -0.490 e. The topological polar surface area (TPSA) is 44.5 Å². The Labute approximate surface area is 101 Å². The van der Waals surface area contributed by atoms with E-state index in [0.29, 0.717) is 16.5 Å². The number of alkyl halides is 3. The molecule has 2 N–H and O–H groups in total. The van der Waals surface area contributed by atoms with Gasteiger partial charge in [-0.15, -0.1) is 0 Å². The second-order valence-corrected chi connectivity index (χ2v) is 3.61. The zero-order chi connectivity index (χ0) is 12.9. The van der Waals surface area contributed by atoms with Crippen LogP contribution in [0.3, 0.4) is 0 Å². The highest BCUT2D eigenvalue weighted by Gasteiger charge is 2.27.